The molecule has 218 valence electrons. The van der Waals surface area contributed by atoms with Gasteiger partial charge in [-0.1, -0.05) is 11.3 Å². The van der Waals surface area contributed by atoms with Gasteiger partial charge < -0.3 is 14.9 Å². The van der Waals surface area contributed by atoms with Crippen LogP contribution in [0.5, 0.6) is 0 Å². The topological polar surface area (TPSA) is 114 Å². The van der Waals surface area contributed by atoms with Gasteiger partial charge >= 0.3 is 0 Å². The minimum atomic E-state index is -3.44. The van der Waals surface area contributed by atoms with E-state index in [9.17, 15) is 23.2 Å². The largest absolute Gasteiger partial charge is 0.394 e. The van der Waals surface area contributed by atoms with Crippen LogP contribution in [0.15, 0.2) is 42.5 Å². The lowest BCUT2D eigenvalue weighted by atomic mass is 10.1. The zero-order valence-electron chi connectivity index (χ0n) is 23.0. The zero-order chi connectivity index (χ0) is 29.8. The maximum Gasteiger partial charge on any atom is 0.211 e. The van der Waals surface area contributed by atoms with Gasteiger partial charge in [0.1, 0.15) is 28.0 Å². The smallest absolute Gasteiger partial charge is 0.211 e. The maximum atomic E-state index is 15.8. The number of sulfonamides is 1. The van der Waals surface area contributed by atoms with Crippen LogP contribution < -0.4 is 9.80 Å². The molecule has 0 amide bonds. The highest BCUT2D eigenvalue weighted by atomic mass is 32.2. The number of hydrogen-bond acceptors (Lipinski definition) is 9. The van der Waals surface area contributed by atoms with Crippen molar-refractivity contribution in [3.8, 4) is 17.3 Å². The Morgan fingerprint density at radius 1 is 1.14 bits per heavy atom. The van der Waals surface area contributed by atoms with Crippen LogP contribution in [0, 0.1) is 23.0 Å². The summed E-state index contributed by atoms with van der Waals surface area (Å²) in [6, 6.07) is 12.5. The van der Waals surface area contributed by atoms with E-state index in [1.54, 1.807) is 19.2 Å². The number of piperazine rings is 1. The summed E-state index contributed by atoms with van der Waals surface area (Å²) < 4.78 is 54.9. The lowest BCUT2D eigenvalue weighted by Crippen LogP contribution is -2.56. The molecular formula is C29H28F2N6O3S2. The maximum absolute atomic E-state index is 15.8. The summed E-state index contributed by atoms with van der Waals surface area (Å²) in [6.45, 7) is 0.270. The standard InChI is InChI=1S/C29H28F2N6O3S2/c1-35(29-34-27(26(14-32)41-29)18-5-7-19(30)8-6-18)25-13-24(17-3-4-17)33-28-22(25)11-20(12-23(28)31)37-10-9-36(42(2,39)40)15-21(37)16-38/h5-8,11-13,17,21,38H,3-4,9-10,15-16H2,1-2H3/t21-/m1/s1. The lowest BCUT2D eigenvalue weighted by molar-refractivity contribution is 0.218. The van der Waals surface area contributed by atoms with Gasteiger partial charge in [0.2, 0.25) is 10.0 Å². The Hall–Kier alpha value is -3.70. The fourth-order valence-corrected chi connectivity index (χ4v) is 7.08. The number of halogens is 2. The first-order chi connectivity index (χ1) is 20.1. The number of pyridine rings is 1. The van der Waals surface area contributed by atoms with E-state index in [4.69, 9.17) is 4.98 Å². The molecule has 13 heteroatoms. The number of hydrogen-bond donors (Lipinski definition) is 1. The van der Waals surface area contributed by atoms with Gasteiger partial charge in [-0.2, -0.15) is 9.57 Å². The van der Waals surface area contributed by atoms with Gasteiger partial charge in [0.05, 0.1) is 24.6 Å². The minimum absolute atomic E-state index is 0.0861. The van der Waals surface area contributed by atoms with Crippen LogP contribution in [0.3, 0.4) is 0 Å². The van der Waals surface area contributed by atoms with Crippen LogP contribution in [0.2, 0.25) is 0 Å². The molecule has 0 unspecified atom stereocenters. The Kier molecular flexibility index (Phi) is 7.34. The molecule has 2 aliphatic rings. The van der Waals surface area contributed by atoms with Crippen LogP contribution in [0.4, 0.5) is 25.3 Å². The first-order valence-electron chi connectivity index (χ1n) is 13.4. The molecule has 1 saturated carbocycles. The number of aromatic nitrogens is 2. The van der Waals surface area contributed by atoms with Crippen molar-refractivity contribution in [3.05, 3.63) is 64.7 Å². The second-order valence-electron chi connectivity index (χ2n) is 10.7. The number of nitriles is 1. The monoisotopic (exact) mass is 610 g/mol. The summed E-state index contributed by atoms with van der Waals surface area (Å²) in [5.74, 6) is -0.672. The van der Waals surface area contributed by atoms with Gasteiger partial charge in [-0.15, -0.1) is 0 Å². The first kappa shape index (κ1) is 28.4. The zero-order valence-corrected chi connectivity index (χ0v) is 24.6. The molecule has 42 heavy (non-hydrogen) atoms. The SMILES string of the molecule is CN(c1nc(-c2ccc(F)cc2)c(C#N)s1)c1cc(C2CC2)nc2c(F)cc(N3CCN(S(C)(=O)=O)C[C@@H]3CO)cc12. The number of thiazole rings is 1. The third kappa shape index (κ3) is 5.31. The van der Waals surface area contributed by atoms with Crippen molar-refractivity contribution in [2.45, 2.75) is 24.8 Å². The molecular weight excluding hydrogens is 582 g/mol. The summed E-state index contributed by atoms with van der Waals surface area (Å²) in [6.07, 6.45) is 3.07. The molecule has 0 radical (unpaired) electrons. The highest BCUT2D eigenvalue weighted by molar-refractivity contribution is 7.88. The predicted octanol–water partition coefficient (Wildman–Crippen LogP) is 4.60. The quantitative estimate of drug-likeness (QED) is 0.323. The summed E-state index contributed by atoms with van der Waals surface area (Å²) in [5, 5.41) is 21.0. The van der Waals surface area contributed by atoms with E-state index in [1.807, 2.05) is 21.9 Å². The van der Waals surface area contributed by atoms with Crippen molar-refractivity contribution in [1.29, 1.82) is 5.26 Å². The van der Waals surface area contributed by atoms with E-state index in [1.165, 1.54) is 33.8 Å². The van der Waals surface area contributed by atoms with E-state index < -0.39 is 21.9 Å². The van der Waals surface area contributed by atoms with Crippen LogP contribution >= 0.6 is 11.3 Å². The van der Waals surface area contributed by atoms with Gasteiger partial charge in [0.25, 0.3) is 0 Å². The normalized spacial score (nSPS) is 17.9. The number of anilines is 3. The molecule has 2 aromatic carbocycles. The fourth-order valence-electron chi connectivity index (χ4n) is 5.36. The van der Waals surface area contributed by atoms with Crippen LogP contribution in [-0.4, -0.2) is 73.4 Å². The minimum Gasteiger partial charge on any atom is -0.394 e. The molecule has 0 bridgehead atoms. The molecule has 1 aliphatic heterocycles. The summed E-state index contributed by atoms with van der Waals surface area (Å²) in [4.78, 5) is 13.4. The molecule has 9 nitrogen and oxygen atoms in total. The molecule has 1 aliphatic carbocycles. The van der Waals surface area contributed by atoms with Gasteiger partial charge in [-0.3, -0.25) is 0 Å². The third-order valence-corrected chi connectivity index (χ3v) is 10.1. The Morgan fingerprint density at radius 2 is 1.88 bits per heavy atom. The number of nitrogens with zero attached hydrogens (tertiary/aromatic N) is 6. The van der Waals surface area contributed by atoms with Gasteiger partial charge in [-0.05, 0) is 55.3 Å². The van der Waals surface area contributed by atoms with Crippen LogP contribution in [0.1, 0.15) is 29.3 Å². The van der Waals surface area contributed by atoms with Crippen molar-refractivity contribution in [2.24, 2.45) is 0 Å². The van der Waals surface area contributed by atoms with E-state index >= 15 is 4.39 Å². The third-order valence-electron chi connectivity index (χ3n) is 7.79. The average molecular weight is 611 g/mol. The number of fused-ring (bicyclic) bond motifs is 1. The summed E-state index contributed by atoms with van der Waals surface area (Å²) >= 11 is 1.18. The molecule has 6 rings (SSSR count). The fraction of sp³-hybridized carbons (Fsp3) is 0.345. The summed E-state index contributed by atoms with van der Waals surface area (Å²) in [7, 11) is -1.64. The lowest BCUT2D eigenvalue weighted by Gasteiger charge is -2.41. The Morgan fingerprint density at radius 3 is 2.52 bits per heavy atom. The number of aliphatic hydroxyl groups is 1. The van der Waals surface area contributed by atoms with E-state index in [-0.39, 0.29) is 43.5 Å². The Balaban J connectivity index is 1.45. The molecule has 2 aromatic heterocycles. The predicted molar refractivity (Wildman–Crippen MR) is 159 cm³/mol. The highest BCUT2D eigenvalue weighted by Gasteiger charge is 2.33. The van der Waals surface area contributed by atoms with E-state index in [2.05, 4.69) is 11.1 Å². The van der Waals surface area contributed by atoms with Crippen molar-refractivity contribution in [3.63, 3.8) is 0 Å². The molecule has 1 N–H and O–H groups in total. The number of benzene rings is 2. The average Bonchev–Trinajstić information content (AvgIpc) is 3.74. The molecule has 1 atom stereocenters. The van der Waals surface area contributed by atoms with Crippen molar-refractivity contribution >= 4 is 48.8 Å². The molecule has 0 spiro atoms. The Bertz CT molecular complexity index is 1820. The van der Waals surface area contributed by atoms with Crippen molar-refractivity contribution < 1.29 is 22.3 Å². The van der Waals surface area contributed by atoms with Crippen molar-refractivity contribution in [2.75, 3.05) is 49.3 Å². The van der Waals surface area contributed by atoms with Gasteiger partial charge in [-0.25, -0.2) is 27.2 Å². The summed E-state index contributed by atoms with van der Waals surface area (Å²) in [5.41, 5.74) is 3.19. The molecule has 2 fully saturated rings. The second kappa shape index (κ2) is 10.9. The van der Waals surface area contributed by atoms with E-state index in [0.717, 1.165) is 24.8 Å². The second-order valence-corrected chi connectivity index (χ2v) is 13.6. The Labute approximate surface area is 246 Å². The highest BCUT2D eigenvalue weighted by Crippen LogP contribution is 2.44. The van der Waals surface area contributed by atoms with Gasteiger partial charge in [0, 0.05) is 54.9 Å². The van der Waals surface area contributed by atoms with E-state index in [0.29, 0.717) is 38.0 Å². The van der Waals surface area contributed by atoms with Gasteiger partial charge in [0.15, 0.2) is 10.9 Å². The number of rotatable bonds is 7. The molecule has 3 heterocycles. The van der Waals surface area contributed by atoms with Crippen molar-refractivity contribution in [1.82, 2.24) is 14.3 Å². The number of aliphatic hydroxyl groups excluding tert-OH is 1. The van der Waals surface area contributed by atoms with Crippen LogP contribution in [0.25, 0.3) is 22.2 Å². The molecule has 4 aromatic rings. The molecule has 1 saturated heterocycles. The first-order valence-corrected chi connectivity index (χ1v) is 16.1. The van der Waals surface area contributed by atoms with Crippen LogP contribution in [-0.2, 0) is 10.0 Å².